The molecule has 27 heavy (non-hydrogen) atoms. The number of rotatable bonds is 7. The van der Waals surface area contributed by atoms with E-state index < -0.39 is 6.10 Å². The van der Waals surface area contributed by atoms with Gasteiger partial charge in [0, 0.05) is 17.3 Å². The van der Waals surface area contributed by atoms with Crippen LogP contribution in [0.5, 0.6) is 11.5 Å². The molecule has 4 N–H and O–H groups in total. The molecule has 0 aliphatic carbocycles. The number of hydrogen-bond acceptors (Lipinski definition) is 5. The molecule has 0 bridgehead atoms. The Morgan fingerprint density at radius 3 is 2.15 bits per heavy atom. The molecule has 0 radical (unpaired) electrons. The summed E-state index contributed by atoms with van der Waals surface area (Å²) in [7, 11) is 1.58. The van der Waals surface area contributed by atoms with Crippen LogP contribution in [-0.2, 0) is 0 Å². The summed E-state index contributed by atoms with van der Waals surface area (Å²) in [6.07, 6.45) is -0.764. The third kappa shape index (κ3) is 5.98. The topological polar surface area (TPSA) is 93.8 Å². The average Bonchev–Trinajstić information content (AvgIpc) is 2.65. The minimum absolute atomic E-state index is 0.107. The summed E-state index contributed by atoms with van der Waals surface area (Å²) in [4.78, 5) is 12.3. The number of carbonyl (C=O) groups is 1. The molecule has 2 atom stereocenters. The number of ether oxygens (including phenoxy) is 2. The van der Waals surface area contributed by atoms with Gasteiger partial charge in [-0.2, -0.15) is 0 Å². The fourth-order valence-electron chi connectivity index (χ4n) is 2.44. The fraction of sp³-hybridized carbons (Fsp3) is 0.381. The first-order valence-corrected chi connectivity index (χ1v) is 8.82. The van der Waals surface area contributed by atoms with E-state index in [0.717, 1.165) is 0 Å². The molecule has 0 aliphatic heterocycles. The summed E-state index contributed by atoms with van der Waals surface area (Å²) in [5, 5.41) is 13.0. The predicted octanol–water partition coefficient (Wildman–Crippen LogP) is 3.06. The van der Waals surface area contributed by atoms with Crippen LogP contribution in [0.1, 0.15) is 31.1 Å². The molecule has 0 aromatic heterocycles. The maximum Gasteiger partial charge on any atom is 0.255 e. The van der Waals surface area contributed by atoms with E-state index in [0.29, 0.717) is 22.7 Å². The Labute approximate surface area is 160 Å². The molecule has 0 spiro atoms. The third-order valence-electron chi connectivity index (χ3n) is 4.30. The van der Waals surface area contributed by atoms with Crippen LogP contribution in [0.25, 0.3) is 0 Å². The number of hydrogen-bond donors (Lipinski definition) is 3. The quantitative estimate of drug-likeness (QED) is 0.694. The third-order valence-corrected chi connectivity index (χ3v) is 4.30. The highest BCUT2D eigenvalue weighted by molar-refractivity contribution is 6.04. The minimum Gasteiger partial charge on any atom is -0.497 e. The lowest BCUT2D eigenvalue weighted by Crippen LogP contribution is -2.47. The maximum absolute atomic E-state index is 12.3. The molecule has 2 aromatic rings. The summed E-state index contributed by atoms with van der Waals surface area (Å²) in [5.74, 6) is 1.08. The highest BCUT2D eigenvalue weighted by Gasteiger charge is 2.27. The molecule has 6 nitrogen and oxygen atoms in total. The summed E-state index contributed by atoms with van der Waals surface area (Å²) in [6.45, 7) is 6.03. The molecule has 2 rings (SSSR count). The van der Waals surface area contributed by atoms with Crippen LogP contribution in [0, 0.1) is 5.41 Å². The van der Waals surface area contributed by atoms with Gasteiger partial charge in [-0.3, -0.25) is 4.79 Å². The van der Waals surface area contributed by atoms with Crippen molar-refractivity contribution in [3.63, 3.8) is 0 Å². The molecular formula is C21H28N2O4. The molecule has 0 aliphatic rings. The normalized spacial score (nSPS) is 13.6. The van der Waals surface area contributed by atoms with Gasteiger partial charge in [-0.1, -0.05) is 20.8 Å². The average molecular weight is 372 g/mol. The Morgan fingerprint density at radius 2 is 1.63 bits per heavy atom. The second-order valence-corrected chi connectivity index (χ2v) is 7.48. The summed E-state index contributed by atoms with van der Waals surface area (Å²) in [6, 6.07) is 13.4. The summed E-state index contributed by atoms with van der Waals surface area (Å²) >= 11 is 0. The van der Waals surface area contributed by atoms with Gasteiger partial charge < -0.3 is 25.6 Å². The van der Waals surface area contributed by atoms with Gasteiger partial charge in [-0.15, -0.1) is 0 Å². The van der Waals surface area contributed by atoms with Crippen LogP contribution in [0.15, 0.2) is 48.5 Å². The number of aliphatic hydroxyl groups is 1. The lowest BCUT2D eigenvalue weighted by atomic mass is 9.84. The Morgan fingerprint density at radius 1 is 1.07 bits per heavy atom. The monoisotopic (exact) mass is 372 g/mol. The standard InChI is InChI=1S/C21H28N2O4/c1-21(2,3)19(22)18(24)13-27-17-11-7-15(8-12-17)23-20(25)14-5-9-16(26-4)10-6-14/h5-12,18-19,24H,13,22H2,1-4H3,(H,23,25). The van der Waals surface area contributed by atoms with Crippen LogP contribution in [0.4, 0.5) is 5.69 Å². The molecule has 0 heterocycles. The van der Waals surface area contributed by atoms with E-state index in [1.54, 1.807) is 55.6 Å². The smallest absolute Gasteiger partial charge is 0.255 e. The maximum atomic E-state index is 12.3. The molecule has 2 unspecified atom stereocenters. The van der Waals surface area contributed by atoms with Crippen LogP contribution >= 0.6 is 0 Å². The number of nitrogens with one attached hydrogen (secondary N) is 1. The van der Waals surface area contributed by atoms with Crippen LogP contribution in [0.3, 0.4) is 0 Å². The van der Waals surface area contributed by atoms with Crippen molar-refractivity contribution >= 4 is 11.6 Å². The zero-order valence-electron chi connectivity index (χ0n) is 16.2. The van der Waals surface area contributed by atoms with Crippen molar-refractivity contribution in [2.45, 2.75) is 32.9 Å². The van der Waals surface area contributed by atoms with Crippen molar-refractivity contribution in [2.24, 2.45) is 11.1 Å². The number of aliphatic hydroxyl groups excluding tert-OH is 1. The van der Waals surface area contributed by atoms with Gasteiger partial charge in [-0.05, 0) is 53.9 Å². The van der Waals surface area contributed by atoms with Crippen molar-refractivity contribution in [3.05, 3.63) is 54.1 Å². The number of methoxy groups -OCH3 is 1. The first-order chi connectivity index (χ1) is 12.7. The highest BCUT2D eigenvalue weighted by atomic mass is 16.5. The fourth-order valence-corrected chi connectivity index (χ4v) is 2.44. The molecular weight excluding hydrogens is 344 g/mol. The van der Waals surface area contributed by atoms with E-state index in [1.807, 2.05) is 20.8 Å². The van der Waals surface area contributed by atoms with Gasteiger partial charge in [0.05, 0.1) is 7.11 Å². The van der Waals surface area contributed by atoms with Gasteiger partial charge in [0.1, 0.15) is 24.2 Å². The summed E-state index contributed by atoms with van der Waals surface area (Å²) < 4.78 is 10.7. The zero-order valence-corrected chi connectivity index (χ0v) is 16.2. The van der Waals surface area contributed by atoms with E-state index >= 15 is 0 Å². The van der Waals surface area contributed by atoms with E-state index in [1.165, 1.54) is 0 Å². The zero-order chi connectivity index (χ0) is 20.0. The van der Waals surface area contributed by atoms with Gasteiger partial charge in [0.15, 0.2) is 0 Å². The van der Waals surface area contributed by atoms with Gasteiger partial charge in [0.2, 0.25) is 0 Å². The number of anilines is 1. The van der Waals surface area contributed by atoms with Gasteiger partial charge >= 0.3 is 0 Å². The largest absolute Gasteiger partial charge is 0.497 e. The number of nitrogens with two attached hydrogens (primary N) is 1. The Hall–Kier alpha value is -2.57. The lowest BCUT2D eigenvalue weighted by molar-refractivity contribution is 0.0496. The second-order valence-electron chi connectivity index (χ2n) is 7.48. The van der Waals surface area contributed by atoms with Crippen molar-refractivity contribution in [1.82, 2.24) is 0 Å². The molecule has 0 fully saturated rings. The van der Waals surface area contributed by atoms with E-state index in [4.69, 9.17) is 15.2 Å². The molecule has 0 saturated heterocycles. The molecule has 0 saturated carbocycles. The Bertz CT molecular complexity index is 736. The predicted molar refractivity (Wildman–Crippen MR) is 106 cm³/mol. The second kappa shape index (κ2) is 8.88. The minimum atomic E-state index is -0.764. The SMILES string of the molecule is COc1ccc(C(=O)Nc2ccc(OCC(O)C(N)C(C)(C)C)cc2)cc1. The van der Waals surface area contributed by atoms with Crippen molar-refractivity contribution in [2.75, 3.05) is 19.0 Å². The summed E-state index contributed by atoms with van der Waals surface area (Å²) in [5.41, 5.74) is 7.00. The van der Waals surface area contributed by atoms with Crippen LogP contribution < -0.4 is 20.5 Å². The van der Waals surface area contributed by atoms with E-state index in [2.05, 4.69) is 5.32 Å². The first kappa shape index (κ1) is 20.7. The number of benzene rings is 2. The van der Waals surface area contributed by atoms with E-state index in [9.17, 15) is 9.90 Å². The van der Waals surface area contributed by atoms with E-state index in [-0.39, 0.29) is 24.0 Å². The number of carbonyl (C=O) groups excluding carboxylic acids is 1. The van der Waals surface area contributed by atoms with Gasteiger partial charge in [-0.25, -0.2) is 0 Å². The Balaban J connectivity index is 1.90. The van der Waals surface area contributed by atoms with Crippen molar-refractivity contribution in [1.29, 1.82) is 0 Å². The van der Waals surface area contributed by atoms with Gasteiger partial charge in [0.25, 0.3) is 5.91 Å². The van der Waals surface area contributed by atoms with Crippen LogP contribution in [0.2, 0.25) is 0 Å². The first-order valence-electron chi connectivity index (χ1n) is 8.82. The highest BCUT2D eigenvalue weighted by Crippen LogP contribution is 2.22. The van der Waals surface area contributed by atoms with Crippen molar-refractivity contribution < 1.29 is 19.4 Å². The Kier molecular flexibility index (Phi) is 6.82. The lowest BCUT2D eigenvalue weighted by Gasteiger charge is -2.31. The van der Waals surface area contributed by atoms with Crippen molar-refractivity contribution in [3.8, 4) is 11.5 Å². The molecule has 1 amide bonds. The molecule has 6 heteroatoms. The number of amides is 1. The van der Waals surface area contributed by atoms with Crippen LogP contribution in [-0.4, -0.2) is 36.9 Å². The molecule has 2 aromatic carbocycles. The molecule has 146 valence electrons.